The molecule has 3 nitrogen and oxygen atoms in total. The SMILES string of the molecule is Brc1ccccc1.CC(=O)CC(CCCc1ccccc1)C(=O)O. The first-order valence-electron chi connectivity index (χ1n) is 7.95. The Morgan fingerprint density at radius 1 is 1.00 bits per heavy atom. The summed E-state index contributed by atoms with van der Waals surface area (Å²) in [5, 5.41) is 8.97. The molecule has 0 fully saturated rings. The van der Waals surface area contributed by atoms with Crippen LogP contribution in [0.2, 0.25) is 0 Å². The number of carbonyl (C=O) groups is 2. The highest BCUT2D eigenvalue weighted by molar-refractivity contribution is 9.10. The van der Waals surface area contributed by atoms with E-state index in [4.69, 9.17) is 5.11 Å². The average molecular weight is 391 g/mol. The monoisotopic (exact) mass is 390 g/mol. The van der Waals surface area contributed by atoms with Gasteiger partial charge in [0, 0.05) is 10.9 Å². The predicted molar refractivity (Wildman–Crippen MR) is 99.9 cm³/mol. The van der Waals surface area contributed by atoms with Crippen LogP contribution >= 0.6 is 15.9 Å². The number of rotatable bonds is 7. The molecule has 2 rings (SSSR count). The zero-order chi connectivity index (χ0) is 17.8. The summed E-state index contributed by atoms with van der Waals surface area (Å²) in [7, 11) is 0. The first-order valence-corrected chi connectivity index (χ1v) is 8.75. The molecule has 128 valence electrons. The maximum absolute atomic E-state index is 10.9. The van der Waals surface area contributed by atoms with E-state index >= 15 is 0 Å². The second-order valence-electron chi connectivity index (χ2n) is 5.61. The Morgan fingerprint density at radius 2 is 1.54 bits per heavy atom. The molecule has 0 bridgehead atoms. The minimum atomic E-state index is -0.867. The van der Waals surface area contributed by atoms with Crippen LogP contribution in [0.3, 0.4) is 0 Å². The number of aryl methyl sites for hydroxylation is 1. The van der Waals surface area contributed by atoms with Crippen LogP contribution in [0.15, 0.2) is 65.1 Å². The number of halogens is 1. The van der Waals surface area contributed by atoms with Gasteiger partial charge < -0.3 is 9.90 Å². The maximum Gasteiger partial charge on any atom is 0.306 e. The van der Waals surface area contributed by atoms with E-state index in [-0.39, 0.29) is 12.2 Å². The Kier molecular flexibility index (Phi) is 9.70. The topological polar surface area (TPSA) is 54.4 Å². The van der Waals surface area contributed by atoms with Gasteiger partial charge in [0.05, 0.1) is 5.92 Å². The Bertz CT molecular complexity index is 611. The Morgan fingerprint density at radius 3 is 1.96 bits per heavy atom. The zero-order valence-corrected chi connectivity index (χ0v) is 15.4. The highest BCUT2D eigenvalue weighted by Gasteiger charge is 2.18. The molecule has 4 heteroatoms. The van der Waals surface area contributed by atoms with Crippen LogP contribution in [0, 0.1) is 5.92 Å². The van der Waals surface area contributed by atoms with Gasteiger partial charge in [-0.05, 0) is 43.9 Å². The number of Topliss-reactive ketones (excluding diaryl/α,β-unsaturated/α-hetero) is 1. The second-order valence-corrected chi connectivity index (χ2v) is 6.53. The van der Waals surface area contributed by atoms with Gasteiger partial charge in [-0.25, -0.2) is 0 Å². The zero-order valence-electron chi connectivity index (χ0n) is 13.8. The molecule has 0 radical (unpaired) electrons. The maximum atomic E-state index is 10.9. The van der Waals surface area contributed by atoms with E-state index in [0.717, 1.165) is 17.3 Å². The van der Waals surface area contributed by atoms with Gasteiger partial charge in [0.25, 0.3) is 0 Å². The molecule has 0 saturated carbocycles. The van der Waals surface area contributed by atoms with Gasteiger partial charge in [-0.2, -0.15) is 0 Å². The third-order valence-electron chi connectivity index (χ3n) is 3.48. The van der Waals surface area contributed by atoms with E-state index in [1.807, 2.05) is 60.7 Å². The van der Waals surface area contributed by atoms with Gasteiger partial charge in [-0.3, -0.25) is 4.79 Å². The average Bonchev–Trinajstić information content (AvgIpc) is 2.56. The van der Waals surface area contributed by atoms with Crippen LogP contribution < -0.4 is 0 Å². The number of hydrogen-bond donors (Lipinski definition) is 1. The van der Waals surface area contributed by atoms with Crippen LogP contribution in [-0.4, -0.2) is 16.9 Å². The summed E-state index contributed by atoms with van der Waals surface area (Å²) in [6.45, 7) is 1.44. The lowest BCUT2D eigenvalue weighted by Crippen LogP contribution is -2.17. The van der Waals surface area contributed by atoms with Crippen molar-refractivity contribution in [3.8, 4) is 0 Å². The summed E-state index contributed by atoms with van der Waals surface area (Å²) in [5.41, 5.74) is 1.21. The lowest BCUT2D eigenvalue weighted by atomic mass is 9.95. The molecule has 0 spiro atoms. The van der Waals surface area contributed by atoms with Crippen molar-refractivity contribution in [1.29, 1.82) is 0 Å². The molecule has 1 atom stereocenters. The number of carbonyl (C=O) groups excluding carboxylic acids is 1. The van der Waals surface area contributed by atoms with Crippen molar-refractivity contribution >= 4 is 27.7 Å². The summed E-state index contributed by atoms with van der Waals surface area (Å²) >= 11 is 3.31. The van der Waals surface area contributed by atoms with Crippen LogP contribution in [0.1, 0.15) is 31.7 Å². The molecule has 0 aliphatic heterocycles. The van der Waals surface area contributed by atoms with E-state index in [0.29, 0.717) is 6.42 Å². The molecule has 2 aromatic rings. The van der Waals surface area contributed by atoms with Crippen molar-refractivity contribution in [2.75, 3.05) is 0 Å². The van der Waals surface area contributed by atoms with Crippen molar-refractivity contribution in [3.05, 3.63) is 70.7 Å². The Balaban J connectivity index is 0.000000341. The van der Waals surface area contributed by atoms with Crippen molar-refractivity contribution in [3.63, 3.8) is 0 Å². The molecule has 2 aromatic carbocycles. The largest absolute Gasteiger partial charge is 0.481 e. The first kappa shape index (κ1) is 20.1. The number of ketones is 1. The van der Waals surface area contributed by atoms with E-state index in [2.05, 4.69) is 15.9 Å². The molecular formula is C20H23BrO3. The third-order valence-corrected chi connectivity index (χ3v) is 4.01. The quantitative estimate of drug-likeness (QED) is 0.711. The number of benzene rings is 2. The summed E-state index contributed by atoms with van der Waals surface area (Å²) in [6.07, 6.45) is 2.37. The Hall–Kier alpha value is -1.94. The summed E-state index contributed by atoms with van der Waals surface area (Å²) in [6, 6.07) is 19.9. The van der Waals surface area contributed by atoms with Crippen molar-refractivity contribution in [2.45, 2.75) is 32.6 Å². The number of carboxylic acids is 1. The molecular weight excluding hydrogens is 368 g/mol. The van der Waals surface area contributed by atoms with Crippen LogP contribution in [0.5, 0.6) is 0 Å². The van der Waals surface area contributed by atoms with Gasteiger partial charge in [0.15, 0.2) is 0 Å². The van der Waals surface area contributed by atoms with Gasteiger partial charge in [0.1, 0.15) is 5.78 Å². The normalized spacial score (nSPS) is 11.1. The third kappa shape index (κ3) is 9.26. The van der Waals surface area contributed by atoms with E-state index < -0.39 is 11.9 Å². The molecule has 1 unspecified atom stereocenters. The van der Waals surface area contributed by atoms with Gasteiger partial charge in [0.2, 0.25) is 0 Å². The second kappa shape index (κ2) is 11.6. The minimum absolute atomic E-state index is 0.0582. The van der Waals surface area contributed by atoms with Crippen molar-refractivity contribution < 1.29 is 14.7 Å². The standard InChI is InChI=1S/C14H18O3.C6H5Br/c1-11(15)10-13(14(16)17)9-5-8-12-6-3-2-4-7-12;7-6-4-2-1-3-5-6/h2-4,6-7,13H,5,8-10H2,1H3,(H,16,17);1-5H. The van der Waals surface area contributed by atoms with Gasteiger partial charge >= 0.3 is 5.97 Å². The number of carboxylic acid groups (broad SMARTS) is 1. The van der Waals surface area contributed by atoms with Crippen molar-refractivity contribution in [1.82, 2.24) is 0 Å². The van der Waals surface area contributed by atoms with E-state index in [1.54, 1.807) is 0 Å². The van der Waals surface area contributed by atoms with Crippen LogP contribution in [0.25, 0.3) is 0 Å². The molecule has 0 aromatic heterocycles. The smallest absolute Gasteiger partial charge is 0.306 e. The van der Waals surface area contributed by atoms with Crippen molar-refractivity contribution in [2.24, 2.45) is 5.92 Å². The fourth-order valence-electron chi connectivity index (χ4n) is 2.27. The minimum Gasteiger partial charge on any atom is -0.481 e. The summed E-state index contributed by atoms with van der Waals surface area (Å²) < 4.78 is 1.13. The summed E-state index contributed by atoms with van der Waals surface area (Å²) in [5.74, 6) is -1.46. The van der Waals surface area contributed by atoms with Crippen LogP contribution in [-0.2, 0) is 16.0 Å². The molecule has 24 heavy (non-hydrogen) atoms. The fraction of sp³-hybridized carbons (Fsp3) is 0.300. The molecule has 0 heterocycles. The summed E-state index contributed by atoms with van der Waals surface area (Å²) in [4.78, 5) is 21.9. The van der Waals surface area contributed by atoms with Crippen LogP contribution in [0.4, 0.5) is 0 Å². The molecule has 1 N–H and O–H groups in total. The number of hydrogen-bond acceptors (Lipinski definition) is 2. The van der Waals surface area contributed by atoms with E-state index in [1.165, 1.54) is 12.5 Å². The van der Waals surface area contributed by atoms with Gasteiger partial charge in [-0.15, -0.1) is 0 Å². The molecule has 0 aliphatic carbocycles. The molecule has 0 aliphatic rings. The lowest BCUT2D eigenvalue weighted by molar-refractivity contribution is -0.143. The van der Waals surface area contributed by atoms with E-state index in [9.17, 15) is 9.59 Å². The highest BCUT2D eigenvalue weighted by atomic mass is 79.9. The number of aliphatic carboxylic acids is 1. The van der Waals surface area contributed by atoms with Gasteiger partial charge in [-0.1, -0.05) is 64.5 Å². The predicted octanol–water partition coefficient (Wildman–Crippen LogP) is 5.14. The molecule has 0 amide bonds. The lowest BCUT2D eigenvalue weighted by Gasteiger charge is -2.10. The Labute approximate surface area is 151 Å². The first-order chi connectivity index (χ1) is 11.5. The highest BCUT2D eigenvalue weighted by Crippen LogP contribution is 2.15. The molecule has 0 saturated heterocycles. The fourth-order valence-corrected chi connectivity index (χ4v) is 2.58.